The summed E-state index contributed by atoms with van der Waals surface area (Å²) in [5.41, 5.74) is 1.53. The van der Waals surface area contributed by atoms with E-state index in [9.17, 15) is 4.79 Å². The average molecular weight is 251 g/mol. The Balaban J connectivity index is 2.84. The lowest BCUT2D eigenvalue weighted by atomic mass is 10.1. The van der Waals surface area contributed by atoms with Gasteiger partial charge in [0.05, 0.1) is 13.7 Å². The number of ether oxygens (including phenoxy) is 2. The number of carbonyl (C=O) groups excluding carboxylic acids is 1. The second kappa shape index (κ2) is 7.71. The van der Waals surface area contributed by atoms with Crippen molar-refractivity contribution in [1.82, 2.24) is 5.32 Å². The molecule has 1 N–H and O–H groups in total. The largest absolute Gasteiger partial charge is 0.496 e. The van der Waals surface area contributed by atoms with Crippen molar-refractivity contribution in [3.63, 3.8) is 0 Å². The van der Waals surface area contributed by atoms with Gasteiger partial charge in [0, 0.05) is 24.3 Å². The van der Waals surface area contributed by atoms with Crippen molar-refractivity contribution < 1.29 is 14.3 Å². The van der Waals surface area contributed by atoms with Crippen LogP contribution in [0.25, 0.3) is 0 Å². The van der Waals surface area contributed by atoms with Crippen molar-refractivity contribution in [2.45, 2.75) is 26.9 Å². The van der Waals surface area contributed by atoms with Crippen LogP contribution in [0.4, 0.5) is 0 Å². The van der Waals surface area contributed by atoms with Crippen LogP contribution in [0.15, 0.2) is 18.2 Å². The smallest absolute Gasteiger partial charge is 0.251 e. The molecule has 0 heterocycles. The first-order chi connectivity index (χ1) is 8.72. The Morgan fingerprint density at radius 3 is 2.72 bits per heavy atom. The standard InChI is InChI=1S/C14H21NO3/c1-4-8-15-14(16)11-6-7-13(17-3)12(9-11)10-18-5-2/h6-7,9H,4-5,8,10H2,1-3H3,(H,15,16). The van der Waals surface area contributed by atoms with Gasteiger partial charge in [-0.25, -0.2) is 0 Å². The summed E-state index contributed by atoms with van der Waals surface area (Å²) in [6.45, 7) is 5.73. The predicted molar refractivity (Wildman–Crippen MR) is 70.9 cm³/mol. The maximum atomic E-state index is 11.8. The number of amides is 1. The molecule has 0 saturated carbocycles. The Morgan fingerprint density at radius 2 is 2.11 bits per heavy atom. The van der Waals surface area contributed by atoms with Crippen molar-refractivity contribution in [3.8, 4) is 5.75 Å². The number of carbonyl (C=O) groups is 1. The molecule has 0 saturated heterocycles. The van der Waals surface area contributed by atoms with Gasteiger partial charge in [-0.2, -0.15) is 0 Å². The zero-order valence-corrected chi connectivity index (χ0v) is 11.3. The van der Waals surface area contributed by atoms with Crippen LogP contribution in [0, 0.1) is 0 Å². The van der Waals surface area contributed by atoms with Gasteiger partial charge in [-0.1, -0.05) is 6.92 Å². The summed E-state index contributed by atoms with van der Waals surface area (Å²) in [5, 5.41) is 2.85. The van der Waals surface area contributed by atoms with E-state index in [0.29, 0.717) is 25.3 Å². The minimum absolute atomic E-state index is 0.0581. The lowest BCUT2D eigenvalue weighted by Gasteiger charge is -2.11. The molecule has 0 aliphatic carbocycles. The van der Waals surface area contributed by atoms with Gasteiger partial charge in [-0.3, -0.25) is 4.79 Å². The van der Waals surface area contributed by atoms with Crippen LogP contribution >= 0.6 is 0 Å². The maximum absolute atomic E-state index is 11.8. The summed E-state index contributed by atoms with van der Waals surface area (Å²) < 4.78 is 10.6. The van der Waals surface area contributed by atoms with Crippen LogP contribution in [-0.4, -0.2) is 26.2 Å². The van der Waals surface area contributed by atoms with Crippen LogP contribution in [0.5, 0.6) is 5.75 Å². The summed E-state index contributed by atoms with van der Waals surface area (Å²) in [5.74, 6) is 0.688. The molecule has 18 heavy (non-hydrogen) atoms. The highest BCUT2D eigenvalue weighted by atomic mass is 16.5. The Morgan fingerprint density at radius 1 is 1.33 bits per heavy atom. The minimum Gasteiger partial charge on any atom is -0.496 e. The third-order valence-corrected chi connectivity index (χ3v) is 2.54. The molecule has 1 aromatic carbocycles. The number of hydrogen-bond acceptors (Lipinski definition) is 3. The third kappa shape index (κ3) is 4.04. The van der Waals surface area contributed by atoms with E-state index >= 15 is 0 Å². The molecule has 0 fully saturated rings. The highest BCUT2D eigenvalue weighted by Gasteiger charge is 2.09. The van der Waals surface area contributed by atoms with E-state index < -0.39 is 0 Å². The molecule has 0 spiro atoms. The first-order valence-corrected chi connectivity index (χ1v) is 6.25. The van der Waals surface area contributed by atoms with Crippen molar-refractivity contribution >= 4 is 5.91 Å². The summed E-state index contributed by atoms with van der Waals surface area (Å²) >= 11 is 0. The first kappa shape index (κ1) is 14.5. The quantitative estimate of drug-likeness (QED) is 0.809. The van der Waals surface area contributed by atoms with Crippen LogP contribution in [0.3, 0.4) is 0 Å². The summed E-state index contributed by atoms with van der Waals surface area (Å²) in [4.78, 5) is 11.8. The number of benzene rings is 1. The molecule has 0 atom stereocenters. The molecule has 4 heteroatoms. The van der Waals surface area contributed by atoms with Crippen LogP contribution in [0.2, 0.25) is 0 Å². The fourth-order valence-electron chi connectivity index (χ4n) is 1.59. The Labute approximate surface area is 108 Å². The monoisotopic (exact) mass is 251 g/mol. The van der Waals surface area contributed by atoms with E-state index in [1.165, 1.54) is 0 Å². The van der Waals surface area contributed by atoms with E-state index in [-0.39, 0.29) is 5.91 Å². The van der Waals surface area contributed by atoms with Gasteiger partial charge in [0.25, 0.3) is 5.91 Å². The molecule has 0 aliphatic rings. The van der Waals surface area contributed by atoms with Crippen LogP contribution < -0.4 is 10.1 Å². The van der Waals surface area contributed by atoms with Crippen LogP contribution in [-0.2, 0) is 11.3 Å². The number of nitrogens with one attached hydrogen (secondary N) is 1. The normalized spacial score (nSPS) is 10.2. The van der Waals surface area contributed by atoms with Crippen LogP contribution in [0.1, 0.15) is 36.2 Å². The zero-order valence-electron chi connectivity index (χ0n) is 11.3. The minimum atomic E-state index is -0.0581. The molecule has 0 bridgehead atoms. The SMILES string of the molecule is CCCNC(=O)c1ccc(OC)c(COCC)c1. The number of rotatable bonds is 7. The summed E-state index contributed by atoms with van der Waals surface area (Å²) in [6, 6.07) is 5.38. The van der Waals surface area contributed by atoms with Gasteiger partial charge in [0.15, 0.2) is 0 Å². The number of hydrogen-bond donors (Lipinski definition) is 1. The molecule has 1 amide bonds. The molecule has 1 aromatic rings. The summed E-state index contributed by atoms with van der Waals surface area (Å²) in [6.07, 6.45) is 0.924. The molecule has 0 radical (unpaired) electrons. The molecule has 1 rings (SSSR count). The topological polar surface area (TPSA) is 47.6 Å². The van der Waals surface area contributed by atoms with Gasteiger partial charge < -0.3 is 14.8 Å². The van der Waals surface area contributed by atoms with Gasteiger partial charge in [0.2, 0.25) is 0 Å². The van der Waals surface area contributed by atoms with Gasteiger partial charge in [-0.05, 0) is 31.5 Å². The van der Waals surface area contributed by atoms with Gasteiger partial charge in [-0.15, -0.1) is 0 Å². The second-order valence-corrected chi connectivity index (χ2v) is 3.92. The molecule has 0 unspecified atom stereocenters. The fraction of sp³-hybridized carbons (Fsp3) is 0.500. The average Bonchev–Trinajstić information content (AvgIpc) is 2.42. The van der Waals surface area contributed by atoms with Crippen molar-refractivity contribution in [3.05, 3.63) is 29.3 Å². The Kier molecular flexibility index (Phi) is 6.22. The molecular formula is C14H21NO3. The van der Waals surface area contributed by atoms with E-state index in [1.807, 2.05) is 19.9 Å². The molecule has 0 aliphatic heterocycles. The highest BCUT2D eigenvalue weighted by Crippen LogP contribution is 2.20. The lowest BCUT2D eigenvalue weighted by Crippen LogP contribution is -2.24. The van der Waals surface area contributed by atoms with E-state index in [0.717, 1.165) is 17.7 Å². The van der Waals surface area contributed by atoms with E-state index in [4.69, 9.17) is 9.47 Å². The molecular weight excluding hydrogens is 230 g/mol. The van der Waals surface area contributed by atoms with E-state index in [2.05, 4.69) is 5.32 Å². The molecule has 4 nitrogen and oxygen atoms in total. The zero-order chi connectivity index (χ0) is 13.4. The Bertz CT molecular complexity index is 391. The maximum Gasteiger partial charge on any atom is 0.251 e. The highest BCUT2D eigenvalue weighted by molar-refractivity contribution is 5.94. The van der Waals surface area contributed by atoms with E-state index in [1.54, 1.807) is 19.2 Å². The molecule has 0 aromatic heterocycles. The van der Waals surface area contributed by atoms with Gasteiger partial charge >= 0.3 is 0 Å². The van der Waals surface area contributed by atoms with Crippen molar-refractivity contribution in [2.75, 3.05) is 20.3 Å². The van der Waals surface area contributed by atoms with Crippen molar-refractivity contribution in [1.29, 1.82) is 0 Å². The number of methoxy groups -OCH3 is 1. The fourth-order valence-corrected chi connectivity index (χ4v) is 1.59. The molecule has 100 valence electrons. The lowest BCUT2D eigenvalue weighted by molar-refractivity contribution is 0.0953. The third-order valence-electron chi connectivity index (χ3n) is 2.54. The Hall–Kier alpha value is -1.55. The van der Waals surface area contributed by atoms with Crippen molar-refractivity contribution in [2.24, 2.45) is 0 Å². The summed E-state index contributed by atoms with van der Waals surface area (Å²) in [7, 11) is 1.61. The second-order valence-electron chi connectivity index (χ2n) is 3.92. The van der Waals surface area contributed by atoms with Gasteiger partial charge in [0.1, 0.15) is 5.75 Å². The first-order valence-electron chi connectivity index (χ1n) is 6.25. The predicted octanol–water partition coefficient (Wildman–Crippen LogP) is 2.37.